The van der Waals surface area contributed by atoms with Crippen LogP contribution >= 0.6 is 0 Å². The molecule has 1 aliphatic heterocycles. The first-order valence-electron chi connectivity index (χ1n) is 29.2. The molecule has 0 aromatic carbocycles. The minimum Gasteiger partial charge on any atom is -0.479 e. The van der Waals surface area contributed by atoms with Crippen molar-refractivity contribution in [3.8, 4) is 0 Å². The predicted octanol–water partition coefficient (Wildman–Crippen LogP) is 14.9. The van der Waals surface area contributed by atoms with Crippen molar-refractivity contribution in [3.63, 3.8) is 0 Å². The number of ether oxygens (including phenoxy) is 5. The smallest absolute Gasteiger partial charge is 0.335 e. The number of aliphatic hydroxyl groups is 2. The van der Waals surface area contributed by atoms with Crippen LogP contribution in [0.4, 0.5) is 0 Å². The van der Waals surface area contributed by atoms with Gasteiger partial charge >= 0.3 is 23.9 Å². The van der Waals surface area contributed by atoms with Crippen LogP contribution in [0, 0.1) is 0 Å². The number of carboxylic acid groups (broad SMARTS) is 1. The van der Waals surface area contributed by atoms with Gasteiger partial charge in [-0.05, 0) is 96.3 Å². The predicted molar refractivity (Wildman–Crippen MR) is 303 cm³/mol. The van der Waals surface area contributed by atoms with E-state index < -0.39 is 67.3 Å². The van der Waals surface area contributed by atoms with Crippen molar-refractivity contribution >= 4 is 23.9 Å². The third kappa shape index (κ3) is 40.6. The average molecular weight is 1050 g/mol. The van der Waals surface area contributed by atoms with E-state index in [4.69, 9.17) is 23.7 Å². The summed E-state index contributed by atoms with van der Waals surface area (Å²) >= 11 is 0. The Balaban J connectivity index is 2.66. The number of rotatable bonds is 48. The Morgan fingerprint density at radius 3 is 1.28 bits per heavy atom. The van der Waals surface area contributed by atoms with Gasteiger partial charge in [-0.15, -0.1) is 0 Å². The van der Waals surface area contributed by atoms with Crippen molar-refractivity contribution in [2.75, 3.05) is 13.2 Å². The fourth-order valence-electron chi connectivity index (χ4n) is 8.23. The summed E-state index contributed by atoms with van der Waals surface area (Å²) in [5, 5.41) is 31.4. The lowest BCUT2D eigenvalue weighted by atomic mass is 9.98. The van der Waals surface area contributed by atoms with Crippen LogP contribution in [-0.4, -0.2) is 89.2 Å². The molecular weight excluding hydrogens is 949 g/mol. The lowest BCUT2D eigenvalue weighted by Crippen LogP contribution is -2.61. The van der Waals surface area contributed by atoms with Crippen LogP contribution in [-0.2, 0) is 42.9 Å². The Bertz CT molecular complexity index is 1670. The number of unbranched alkanes of at least 4 members (excludes halogenated alkanes) is 18. The molecule has 0 aliphatic carbocycles. The molecule has 0 saturated carbocycles. The van der Waals surface area contributed by atoms with E-state index in [1.807, 2.05) is 0 Å². The van der Waals surface area contributed by atoms with E-state index in [1.54, 1.807) is 0 Å². The first kappa shape index (κ1) is 68.7. The van der Waals surface area contributed by atoms with Crippen molar-refractivity contribution in [2.24, 2.45) is 0 Å². The van der Waals surface area contributed by atoms with E-state index in [1.165, 1.54) is 32.1 Å². The fourth-order valence-corrected chi connectivity index (χ4v) is 8.23. The van der Waals surface area contributed by atoms with Gasteiger partial charge in [0.2, 0.25) is 0 Å². The van der Waals surface area contributed by atoms with Crippen LogP contribution < -0.4 is 0 Å². The number of esters is 3. The molecule has 6 unspecified atom stereocenters. The summed E-state index contributed by atoms with van der Waals surface area (Å²) in [4.78, 5) is 51.0. The van der Waals surface area contributed by atoms with Gasteiger partial charge in [0, 0.05) is 19.3 Å². The summed E-state index contributed by atoms with van der Waals surface area (Å²) in [5.41, 5.74) is 0. The molecule has 1 heterocycles. The maximum Gasteiger partial charge on any atom is 0.335 e. The van der Waals surface area contributed by atoms with Gasteiger partial charge in [0.1, 0.15) is 18.8 Å². The van der Waals surface area contributed by atoms with Crippen LogP contribution in [0.3, 0.4) is 0 Å². The van der Waals surface area contributed by atoms with Crippen molar-refractivity contribution in [1.29, 1.82) is 0 Å². The van der Waals surface area contributed by atoms with E-state index >= 15 is 0 Å². The Morgan fingerprint density at radius 2 is 0.840 bits per heavy atom. The maximum atomic E-state index is 13.1. The van der Waals surface area contributed by atoms with Crippen molar-refractivity contribution in [3.05, 3.63) is 97.2 Å². The summed E-state index contributed by atoms with van der Waals surface area (Å²) in [7, 11) is 0. The summed E-state index contributed by atoms with van der Waals surface area (Å²) in [6, 6.07) is 0. The number of hydrogen-bond acceptors (Lipinski definition) is 11. The highest BCUT2D eigenvalue weighted by Crippen LogP contribution is 2.26. The van der Waals surface area contributed by atoms with Crippen molar-refractivity contribution in [1.82, 2.24) is 0 Å². The van der Waals surface area contributed by atoms with Crippen LogP contribution in [0.1, 0.15) is 226 Å². The Hall–Kier alpha value is -4.36. The number of carbonyl (C=O) groups excluding carboxylic acids is 3. The molecule has 75 heavy (non-hydrogen) atoms. The summed E-state index contributed by atoms with van der Waals surface area (Å²) < 4.78 is 28.3. The minimum atomic E-state index is -1.91. The van der Waals surface area contributed by atoms with E-state index in [9.17, 15) is 34.5 Å². The van der Waals surface area contributed by atoms with Crippen molar-refractivity contribution < 1.29 is 58.2 Å². The third-order valence-electron chi connectivity index (χ3n) is 12.7. The zero-order valence-electron chi connectivity index (χ0n) is 46.8. The molecule has 6 atom stereocenters. The molecule has 12 nitrogen and oxygen atoms in total. The molecule has 12 heteroatoms. The highest BCUT2D eigenvalue weighted by atomic mass is 16.7. The molecule has 0 amide bonds. The molecule has 0 bridgehead atoms. The molecule has 0 spiro atoms. The first-order chi connectivity index (χ1) is 36.6. The maximum absolute atomic E-state index is 13.1. The van der Waals surface area contributed by atoms with Gasteiger partial charge < -0.3 is 39.0 Å². The Kier molecular flexibility index (Phi) is 46.2. The summed E-state index contributed by atoms with van der Waals surface area (Å²) in [6.07, 6.45) is 53.8. The molecule has 0 aromatic heterocycles. The second kappa shape index (κ2) is 50.5. The lowest BCUT2D eigenvalue weighted by Gasteiger charge is -2.40. The molecular formula is C63H102O12. The van der Waals surface area contributed by atoms with Gasteiger partial charge in [0.15, 0.2) is 24.6 Å². The first-order valence-corrected chi connectivity index (χ1v) is 29.2. The fraction of sp³-hybridized carbons (Fsp3) is 0.683. The number of allylic oxidation sites excluding steroid dienone is 16. The van der Waals surface area contributed by atoms with Gasteiger partial charge in [0.05, 0.1) is 6.61 Å². The molecule has 0 radical (unpaired) electrons. The number of aliphatic carboxylic acids is 1. The van der Waals surface area contributed by atoms with Crippen molar-refractivity contribution in [2.45, 2.75) is 263 Å². The zero-order chi connectivity index (χ0) is 54.7. The number of carboxylic acids is 1. The average Bonchev–Trinajstić information content (AvgIpc) is 3.39. The van der Waals surface area contributed by atoms with Gasteiger partial charge in [-0.2, -0.15) is 0 Å². The highest BCUT2D eigenvalue weighted by molar-refractivity contribution is 5.74. The summed E-state index contributed by atoms with van der Waals surface area (Å²) in [5.74, 6) is -3.18. The zero-order valence-corrected chi connectivity index (χ0v) is 46.8. The van der Waals surface area contributed by atoms with E-state index in [2.05, 4.69) is 118 Å². The number of aliphatic hydroxyl groups excluding tert-OH is 2. The Labute approximate surface area is 453 Å². The molecule has 1 aliphatic rings. The SMILES string of the molecule is CC/C=C\C/C=C\C/C=C\C/C=C\CCCCCCCCC(=O)OC1C(OCC(COC(=O)CCCCCC/C=C\C/C=C\C/C=C\C/C=C\CC)OC(=O)CCCCCCCCCCC)OC(C(=O)O)C(O)C1O. The van der Waals surface area contributed by atoms with E-state index in [0.29, 0.717) is 19.3 Å². The molecule has 1 rings (SSSR count). The van der Waals surface area contributed by atoms with Gasteiger partial charge in [-0.1, -0.05) is 208 Å². The third-order valence-corrected chi connectivity index (χ3v) is 12.7. The topological polar surface area (TPSA) is 175 Å². The second-order valence-corrected chi connectivity index (χ2v) is 19.5. The highest BCUT2D eigenvalue weighted by Gasteiger charge is 2.50. The van der Waals surface area contributed by atoms with E-state index in [0.717, 1.165) is 135 Å². The minimum absolute atomic E-state index is 0.0384. The molecule has 3 N–H and O–H groups in total. The van der Waals surface area contributed by atoms with E-state index in [-0.39, 0.29) is 25.9 Å². The van der Waals surface area contributed by atoms with Gasteiger partial charge in [-0.3, -0.25) is 14.4 Å². The molecule has 1 fully saturated rings. The quantitative estimate of drug-likeness (QED) is 0.0228. The lowest BCUT2D eigenvalue weighted by molar-refractivity contribution is -0.301. The number of hydrogen-bond donors (Lipinski definition) is 3. The second-order valence-electron chi connectivity index (χ2n) is 19.5. The molecule has 0 aromatic rings. The molecule has 1 saturated heterocycles. The van der Waals surface area contributed by atoms with Crippen LogP contribution in [0.5, 0.6) is 0 Å². The van der Waals surface area contributed by atoms with Gasteiger partial charge in [0.25, 0.3) is 0 Å². The standard InChI is InChI=1S/C63H102O12/c1-4-7-10-13-16-19-21-23-25-27-28-30-32-34-36-39-42-45-48-51-57(66)74-61-59(68)58(67)60(62(69)70)75-63(61)72-53-54(73-56(65)50-47-44-41-37-18-15-12-9-6-3)52-71-55(64)49-46-43-40-38-35-33-31-29-26-24-22-20-17-14-11-8-5-2/h7-8,10-11,16-17,19-20,23-26,28,30-31,33,54,58-61,63,67-68H,4-6,9,12-15,18,21-22,27,29,32,34-53H2,1-3H3,(H,69,70)/b10-7-,11-8-,19-16-,20-17-,25-23-,26-24-,30-28-,33-31-. The number of carbonyl (C=O) groups is 4. The Morgan fingerprint density at radius 1 is 0.453 bits per heavy atom. The van der Waals surface area contributed by atoms with Crippen LogP contribution in [0.25, 0.3) is 0 Å². The summed E-state index contributed by atoms with van der Waals surface area (Å²) in [6.45, 7) is 5.71. The monoisotopic (exact) mass is 1050 g/mol. The molecule has 426 valence electrons. The van der Waals surface area contributed by atoms with Crippen LogP contribution in [0.2, 0.25) is 0 Å². The largest absolute Gasteiger partial charge is 0.479 e. The van der Waals surface area contributed by atoms with Gasteiger partial charge in [-0.25, -0.2) is 4.79 Å². The van der Waals surface area contributed by atoms with Crippen LogP contribution in [0.15, 0.2) is 97.2 Å². The normalized spacial score (nSPS) is 18.9.